The smallest absolute Gasteiger partial charge is 0.198 e. The summed E-state index contributed by atoms with van der Waals surface area (Å²) in [4.78, 5) is 0. The maximum Gasteiger partial charge on any atom is 0.198 e. The van der Waals surface area contributed by atoms with Crippen LogP contribution in [0.2, 0.25) is 12.1 Å². The molecule has 1 aromatic carbocycles. The Bertz CT molecular complexity index is 575. The number of ether oxygens (including phenoxy) is 1. The lowest BCUT2D eigenvalue weighted by Crippen LogP contribution is -2.44. The number of halogens is 1. The second-order valence-corrected chi connectivity index (χ2v) is 11.4. The zero-order valence-corrected chi connectivity index (χ0v) is 14.9. The van der Waals surface area contributed by atoms with Crippen LogP contribution in [0.1, 0.15) is 27.7 Å². The van der Waals surface area contributed by atoms with Gasteiger partial charge in [-0.1, -0.05) is 35.9 Å². The zero-order chi connectivity index (χ0) is 15.1. The van der Waals surface area contributed by atoms with Gasteiger partial charge < -0.3 is 4.74 Å². The standard InChI is InChI=1S/C17H23ClOSi/c1-11-12(2)14(4)17(13(11)3)20(6,18)16-10-8-7-9-15(16)19-5/h7-10,17H,1-6H3. The summed E-state index contributed by atoms with van der Waals surface area (Å²) in [6.45, 7) is 11.1. The van der Waals surface area contributed by atoms with Gasteiger partial charge in [0.1, 0.15) is 5.75 Å². The van der Waals surface area contributed by atoms with Gasteiger partial charge >= 0.3 is 0 Å². The molecule has 0 bridgehead atoms. The largest absolute Gasteiger partial charge is 0.497 e. The van der Waals surface area contributed by atoms with E-state index in [1.54, 1.807) is 7.11 Å². The summed E-state index contributed by atoms with van der Waals surface area (Å²) >= 11 is 7.16. The van der Waals surface area contributed by atoms with E-state index in [-0.39, 0.29) is 0 Å². The molecular formula is C17H23ClOSi. The first kappa shape index (κ1) is 15.4. The van der Waals surface area contributed by atoms with Gasteiger partial charge in [-0.15, -0.1) is 0 Å². The number of hydrogen-bond donors (Lipinski definition) is 0. The predicted molar refractivity (Wildman–Crippen MR) is 90.6 cm³/mol. The number of methoxy groups -OCH3 is 1. The topological polar surface area (TPSA) is 9.23 Å². The third-order valence-electron chi connectivity index (χ3n) is 4.79. The van der Waals surface area contributed by atoms with Crippen molar-refractivity contribution in [3.8, 4) is 5.75 Å². The summed E-state index contributed by atoms with van der Waals surface area (Å²) in [5.41, 5.74) is 6.02. The average Bonchev–Trinajstić information content (AvgIpc) is 2.63. The Morgan fingerprint density at radius 1 is 1.00 bits per heavy atom. The van der Waals surface area contributed by atoms with Gasteiger partial charge in [0.05, 0.1) is 7.11 Å². The molecule has 20 heavy (non-hydrogen) atoms. The first-order valence-electron chi connectivity index (χ1n) is 6.99. The Kier molecular flexibility index (Phi) is 4.17. The first-order valence-corrected chi connectivity index (χ1v) is 10.6. The van der Waals surface area contributed by atoms with Gasteiger partial charge in [0.2, 0.25) is 0 Å². The van der Waals surface area contributed by atoms with Crippen LogP contribution in [0.5, 0.6) is 5.75 Å². The number of hydrogen-bond acceptors (Lipinski definition) is 1. The molecule has 0 fully saturated rings. The molecule has 0 N–H and O–H groups in total. The lowest BCUT2D eigenvalue weighted by molar-refractivity contribution is 0.418. The molecule has 1 nitrogen and oxygen atoms in total. The van der Waals surface area contributed by atoms with Crippen molar-refractivity contribution >= 4 is 23.6 Å². The lowest BCUT2D eigenvalue weighted by Gasteiger charge is -2.31. The molecule has 3 heteroatoms. The van der Waals surface area contributed by atoms with Crippen LogP contribution >= 0.6 is 11.1 Å². The molecule has 2 rings (SSSR count). The van der Waals surface area contributed by atoms with E-state index in [0.29, 0.717) is 5.54 Å². The SMILES string of the molecule is COc1ccccc1[Si](C)(Cl)C1C(C)=C(C)C(C)=C1C. The Balaban J connectivity index is 2.57. The molecule has 1 aliphatic rings. The van der Waals surface area contributed by atoms with E-state index in [0.717, 1.165) is 5.75 Å². The van der Waals surface area contributed by atoms with Crippen molar-refractivity contribution in [1.29, 1.82) is 0 Å². The van der Waals surface area contributed by atoms with E-state index in [9.17, 15) is 0 Å². The van der Waals surface area contributed by atoms with E-state index in [2.05, 4.69) is 46.4 Å². The zero-order valence-electron chi connectivity index (χ0n) is 13.2. The van der Waals surface area contributed by atoms with Crippen LogP contribution in [0, 0.1) is 0 Å². The average molecular weight is 307 g/mol. The molecule has 0 radical (unpaired) electrons. The molecule has 0 amide bonds. The molecule has 0 spiro atoms. The van der Waals surface area contributed by atoms with E-state index >= 15 is 0 Å². The summed E-state index contributed by atoms with van der Waals surface area (Å²) < 4.78 is 5.53. The van der Waals surface area contributed by atoms with E-state index in [4.69, 9.17) is 15.8 Å². The summed E-state index contributed by atoms with van der Waals surface area (Å²) in [6, 6.07) is 8.19. The molecule has 0 saturated heterocycles. The highest BCUT2D eigenvalue weighted by atomic mass is 35.6. The number of rotatable bonds is 3. The second kappa shape index (κ2) is 5.42. The molecule has 108 valence electrons. The van der Waals surface area contributed by atoms with Crippen LogP contribution in [0.4, 0.5) is 0 Å². The summed E-state index contributed by atoms with van der Waals surface area (Å²) in [5.74, 6) is 0.916. The number of allylic oxidation sites excluding steroid dienone is 4. The monoisotopic (exact) mass is 306 g/mol. The molecule has 0 heterocycles. The van der Waals surface area contributed by atoms with Crippen molar-refractivity contribution in [2.24, 2.45) is 0 Å². The van der Waals surface area contributed by atoms with Crippen LogP contribution in [0.25, 0.3) is 0 Å². The van der Waals surface area contributed by atoms with Crippen LogP contribution in [-0.2, 0) is 0 Å². The summed E-state index contributed by atoms with van der Waals surface area (Å²) in [7, 11) is -0.471. The van der Waals surface area contributed by atoms with Gasteiger partial charge in [-0.25, -0.2) is 0 Å². The fourth-order valence-corrected chi connectivity index (χ4v) is 8.28. The Hall–Kier alpha value is -0.993. The Morgan fingerprint density at radius 3 is 2.00 bits per heavy atom. The normalized spacial score (nSPS) is 19.6. The minimum absolute atomic E-state index is 0.362. The van der Waals surface area contributed by atoms with Crippen molar-refractivity contribution < 1.29 is 4.74 Å². The second-order valence-electron chi connectivity index (χ2n) is 5.82. The van der Waals surface area contributed by atoms with Crippen LogP contribution < -0.4 is 9.92 Å². The summed E-state index contributed by atoms with van der Waals surface area (Å²) in [6.07, 6.45) is 0. The molecule has 0 aliphatic heterocycles. The highest BCUT2D eigenvalue weighted by Crippen LogP contribution is 2.48. The van der Waals surface area contributed by atoms with Crippen molar-refractivity contribution in [2.45, 2.75) is 39.8 Å². The molecule has 0 saturated carbocycles. The van der Waals surface area contributed by atoms with Crippen LogP contribution in [-0.4, -0.2) is 14.5 Å². The van der Waals surface area contributed by atoms with Crippen molar-refractivity contribution in [3.63, 3.8) is 0 Å². The molecule has 1 atom stereocenters. The van der Waals surface area contributed by atoms with Crippen molar-refractivity contribution in [1.82, 2.24) is 0 Å². The molecule has 1 unspecified atom stereocenters. The highest BCUT2D eigenvalue weighted by Gasteiger charge is 2.44. The molecular weight excluding hydrogens is 284 g/mol. The van der Waals surface area contributed by atoms with Crippen molar-refractivity contribution in [3.05, 3.63) is 46.6 Å². The molecule has 1 aromatic rings. The third kappa shape index (κ3) is 2.25. The van der Waals surface area contributed by atoms with Gasteiger partial charge in [-0.05, 0) is 50.1 Å². The van der Waals surface area contributed by atoms with Gasteiger partial charge in [-0.3, -0.25) is 0 Å². The molecule has 1 aliphatic carbocycles. The maximum absolute atomic E-state index is 7.16. The van der Waals surface area contributed by atoms with Crippen LogP contribution in [0.3, 0.4) is 0 Å². The van der Waals surface area contributed by atoms with Gasteiger partial charge in [0, 0.05) is 5.54 Å². The van der Waals surface area contributed by atoms with Gasteiger partial charge in [0.15, 0.2) is 7.38 Å². The fraction of sp³-hybridized carbons (Fsp3) is 0.412. The van der Waals surface area contributed by atoms with E-state index in [1.165, 1.54) is 27.5 Å². The van der Waals surface area contributed by atoms with E-state index in [1.807, 2.05) is 12.1 Å². The van der Waals surface area contributed by atoms with E-state index < -0.39 is 7.38 Å². The van der Waals surface area contributed by atoms with Gasteiger partial charge in [-0.2, -0.15) is 11.1 Å². The Labute approximate surface area is 128 Å². The molecule has 0 aromatic heterocycles. The maximum atomic E-state index is 7.16. The first-order chi connectivity index (χ1) is 9.32. The van der Waals surface area contributed by atoms with Crippen molar-refractivity contribution in [2.75, 3.05) is 7.11 Å². The third-order valence-corrected chi connectivity index (χ3v) is 9.47. The highest BCUT2D eigenvalue weighted by molar-refractivity contribution is 7.28. The fourth-order valence-electron chi connectivity index (χ4n) is 3.37. The number of para-hydroxylation sites is 1. The number of benzene rings is 1. The predicted octanol–water partition coefficient (Wildman–Crippen LogP) is 4.77. The lowest BCUT2D eigenvalue weighted by atomic mass is 10.1. The van der Waals surface area contributed by atoms with Gasteiger partial charge in [0.25, 0.3) is 0 Å². The minimum Gasteiger partial charge on any atom is -0.497 e. The summed E-state index contributed by atoms with van der Waals surface area (Å²) in [5, 5.41) is 1.19. The quantitative estimate of drug-likeness (QED) is 0.577. The minimum atomic E-state index is -2.19. The Morgan fingerprint density at radius 2 is 1.50 bits per heavy atom. The van der Waals surface area contributed by atoms with Crippen LogP contribution in [0.15, 0.2) is 46.6 Å².